The number of anilines is 1. The minimum absolute atomic E-state index is 0.510. The van der Waals surface area contributed by atoms with E-state index in [1.165, 1.54) is 22.3 Å². The summed E-state index contributed by atoms with van der Waals surface area (Å²) in [7, 11) is 0. The van der Waals surface area contributed by atoms with Gasteiger partial charge in [0.2, 0.25) is 0 Å². The van der Waals surface area contributed by atoms with Gasteiger partial charge in [-0.1, -0.05) is 31.2 Å². The van der Waals surface area contributed by atoms with Crippen molar-refractivity contribution in [3.05, 3.63) is 41.6 Å². The third kappa shape index (κ3) is 1.34. The molecule has 2 aromatic heterocycles. The van der Waals surface area contributed by atoms with Crippen LogP contribution in [0.25, 0.3) is 22.2 Å². The molecule has 0 fully saturated rings. The van der Waals surface area contributed by atoms with E-state index in [4.69, 9.17) is 5.73 Å². The van der Waals surface area contributed by atoms with Crippen LogP contribution in [-0.4, -0.2) is 15.2 Å². The second-order valence-corrected chi connectivity index (χ2v) is 5.19. The van der Waals surface area contributed by atoms with Crippen LogP contribution in [0.2, 0.25) is 0 Å². The summed E-state index contributed by atoms with van der Waals surface area (Å²) in [5.74, 6) is 1.11. The van der Waals surface area contributed by atoms with E-state index in [0.717, 1.165) is 11.8 Å². The maximum Gasteiger partial charge on any atom is 0.183 e. The summed E-state index contributed by atoms with van der Waals surface area (Å²) in [5, 5.41) is 7.95. The Morgan fingerprint density at radius 3 is 3.05 bits per heavy atom. The Hall–Kier alpha value is -2.36. The van der Waals surface area contributed by atoms with Gasteiger partial charge in [0.05, 0.1) is 5.39 Å². The first-order valence-electron chi connectivity index (χ1n) is 6.46. The first-order valence-corrected chi connectivity index (χ1v) is 6.46. The lowest BCUT2D eigenvalue weighted by atomic mass is 9.79. The molecule has 0 amide bonds. The summed E-state index contributed by atoms with van der Waals surface area (Å²) in [4.78, 5) is 4.40. The number of nitrogens with zero attached hydrogens (tertiary/aromatic N) is 2. The number of H-pyrrole nitrogens is 1. The number of fused-ring (bicyclic) bond motifs is 5. The van der Waals surface area contributed by atoms with Gasteiger partial charge in [-0.3, -0.25) is 5.10 Å². The molecule has 94 valence electrons. The summed E-state index contributed by atoms with van der Waals surface area (Å²) in [5.41, 5.74) is 11.8. The zero-order valence-electron chi connectivity index (χ0n) is 10.6. The van der Waals surface area contributed by atoms with Crippen molar-refractivity contribution in [3.8, 4) is 11.1 Å². The van der Waals surface area contributed by atoms with Crippen LogP contribution in [0, 0.1) is 0 Å². The van der Waals surface area contributed by atoms with Gasteiger partial charge in [-0.05, 0) is 29.0 Å². The Bertz CT molecular complexity index is 788. The molecule has 0 saturated heterocycles. The van der Waals surface area contributed by atoms with E-state index >= 15 is 0 Å². The lowest BCUT2D eigenvalue weighted by Gasteiger charge is -2.25. The van der Waals surface area contributed by atoms with Gasteiger partial charge in [0, 0.05) is 11.8 Å². The summed E-state index contributed by atoms with van der Waals surface area (Å²) < 4.78 is 0. The quantitative estimate of drug-likeness (QED) is 0.644. The van der Waals surface area contributed by atoms with Crippen LogP contribution in [0.3, 0.4) is 0 Å². The van der Waals surface area contributed by atoms with Crippen LogP contribution < -0.4 is 5.73 Å². The first-order chi connectivity index (χ1) is 9.25. The van der Waals surface area contributed by atoms with Crippen molar-refractivity contribution in [3.63, 3.8) is 0 Å². The molecule has 3 aromatic rings. The van der Waals surface area contributed by atoms with E-state index in [-0.39, 0.29) is 0 Å². The number of nitrogen functional groups attached to an aromatic ring is 1. The number of benzene rings is 1. The van der Waals surface area contributed by atoms with Crippen LogP contribution in [0.4, 0.5) is 5.82 Å². The highest BCUT2D eigenvalue weighted by Gasteiger charge is 2.25. The molecule has 3 N–H and O–H groups in total. The highest BCUT2D eigenvalue weighted by atomic mass is 15.2. The molecule has 1 aromatic carbocycles. The molecular formula is C15H14N4. The summed E-state index contributed by atoms with van der Waals surface area (Å²) in [6, 6.07) is 8.53. The number of nitrogens with two attached hydrogens (primary N) is 1. The highest BCUT2D eigenvalue weighted by molar-refractivity contribution is 6.02. The molecule has 1 unspecified atom stereocenters. The van der Waals surface area contributed by atoms with Crippen molar-refractivity contribution < 1.29 is 0 Å². The Balaban J connectivity index is 2.17. The molecule has 2 heterocycles. The van der Waals surface area contributed by atoms with Gasteiger partial charge >= 0.3 is 0 Å². The minimum atomic E-state index is 0.510. The van der Waals surface area contributed by atoms with Crippen molar-refractivity contribution in [2.45, 2.75) is 19.3 Å². The number of pyridine rings is 1. The van der Waals surface area contributed by atoms with E-state index < -0.39 is 0 Å². The number of hydrogen-bond donors (Lipinski definition) is 2. The van der Waals surface area contributed by atoms with Crippen molar-refractivity contribution in [1.29, 1.82) is 0 Å². The molecule has 0 radical (unpaired) electrons. The first kappa shape index (κ1) is 10.6. The van der Waals surface area contributed by atoms with Gasteiger partial charge < -0.3 is 5.73 Å². The SMILES string of the molecule is CC1Cc2cnc3n[nH]c(N)c3c2-c2ccccc21. The summed E-state index contributed by atoms with van der Waals surface area (Å²) >= 11 is 0. The van der Waals surface area contributed by atoms with Crippen molar-refractivity contribution in [1.82, 2.24) is 15.2 Å². The van der Waals surface area contributed by atoms with Gasteiger partial charge in [0.1, 0.15) is 5.82 Å². The van der Waals surface area contributed by atoms with E-state index in [0.29, 0.717) is 17.4 Å². The van der Waals surface area contributed by atoms with Crippen molar-refractivity contribution >= 4 is 16.9 Å². The molecule has 0 spiro atoms. The lowest BCUT2D eigenvalue weighted by molar-refractivity contribution is 0.748. The zero-order chi connectivity index (χ0) is 13.0. The lowest BCUT2D eigenvalue weighted by Crippen LogP contribution is -2.09. The molecule has 0 aliphatic heterocycles. The minimum Gasteiger partial charge on any atom is -0.383 e. The maximum atomic E-state index is 6.03. The normalized spacial score (nSPS) is 17.2. The molecular weight excluding hydrogens is 236 g/mol. The molecule has 4 nitrogen and oxygen atoms in total. The fourth-order valence-electron chi connectivity index (χ4n) is 3.11. The number of rotatable bonds is 0. The standard InChI is InChI=1S/C15H14N4/c1-8-6-9-7-17-15-13(14(16)18-19-15)12(9)11-5-3-2-4-10(8)11/h2-5,7-8H,6H2,1H3,(H3,16,17,18,19). The fourth-order valence-corrected chi connectivity index (χ4v) is 3.11. The largest absolute Gasteiger partial charge is 0.383 e. The Kier molecular flexibility index (Phi) is 1.98. The van der Waals surface area contributed by atoms with E-state index in [1.54, 1.807) is 0 Å². The summed E-state index contributed by atoms with van der Waals surface area (Å²) in [6.45, 7) is 2.25. The van der Waals surface area contributed by atoms with Crippen LogP contribution in [0.5, 0.6) is 0 Å². The molecule has 1 aliphatic rings. The van der Waals surface area contributed by atoms with Crippen LogP contribution in [0.15, 0.2) is 30.5 Å². The number of aromatic amines is 1. The molecule has 0 saturated carbocycles. The molecule has 4 rings (SSSR count). The average molecular weight is 250 g/mol. The Morgan fingerprint density at radius 2 is 2.16 bits per heavy atom. The zero-order valence-corrected chi connectivity index (χ0v) is 10.6. The van der Waals surface area contributed by atoms with Crippen molar-refractivity contribution in [2.75, 3.05) is 5.73 Å². The Labute approximate surface area is 110 Å². The predicted octanol–water partition coefficient (Wildman–Crippen LogP) is 2.87. The van der Waals surface area contributed by atoms with Gasteiger partial charge in [-0.15, -0.1) is 0 Å². The van der Waals surface area contributed by atoms with Crippen molar-refractivity contribution in [2.24, 2.45) is 0 Å². The second kappa shape index (κ2) is 3.57. The van der Waals surface area contributed by atoms with Gasteiger partial charge in [-0.25, -0.2) is 4.98 Å². The summed E-state index contributed by atoms with van der Waals surface area (Å²) in [6.07, 6.45) is 2.93. The monoisotopic (exact) mass is 250 g/mol. The second-order valence-electron chi connectivity index (χ2n) is 5.19. The average Bonchev–Trinajstić information content (AvgIpc) is 2.81. The molecule has 0 bridgehead atoms. The van der Waals surface area contributed by atoms with Crippen LogP contribution >= 0.6 is 0 Å². The van der Waals surface area contributed by atoms with Crippen LogP contribution in [0.1, 0.15) is 24.0 Å². The van der Waals surface area contributed by atoms with Gasteiger partial charge in [0.15, 0.2) is 5.65 Å². The topological polar surface area (TPSA) is 67.6 Å². The number of aromatic nitrogens is 3. The molecule has 4 heteroatoms. The van der Waals surface area contributed by atoms with Gasteiger partial charge in [0.25, 0.3) is 0 Å². The predicted molar refractivity (Wildman–Crippen MR) is 75.9 cm³/mol. The third-order valence-electron chi connectivity index (χ3n) is 3.98. The third-order valence-corrected chi connectivity index (χ3v) is 3.98. The number of nitrogens with one attached hydrogen (secondary N) is 1. The smallest absolute Gasteiger partial charge is 0.183 e. The Morgan fingerprint density at radius 1 is 1.32 bits per heavy atom. The van der Waals surface area contributed by atoms with E-state index in [1.807, 2.05) is 6.20 Å². The van der Waals surface area contributed by atoms with E-state index in [2.05, 4.69) is 46.4 Å². The van der Waals surface area contributed by atoms with E-state index in [9.17, 15) is 0 Å². The molecule has 1 aliphatic carbocycles. The van der Waals surface area contributed by atoms with Crippen LogP contribution in [-0.2, 0) is 6.42 Å². The number of hydrogen-bond acceptors (Lipinski definition) is 3. The van der Waals surface area contributed by atoms with Gasteiger partial charge in [-0.2, -0.15) is 5.10 Å². The maximum absolute atomic E-state index is 6.03. The molecule has 19 heavy (non-hydrogen) atoms. The fraction of sp³-hybridized carbons (Fsp3) is 0.200. The highest BCUT2D eigenvalue weighted by Crippen LogP contribution is 2.43. The molecule has 1 atom stereocenters.